The quantitative estimate of drug-likeness (QED) is 0.589. The van der Waals surface area contributed by atoms with Crippen LogP contribution in [0.3, 0.4) is 0 Å². The molecule has 1 saturated heterocycles. The average Bonchev–Trinajstić information content (AvgIpc) is 2.83. The molecule has 1 heterocycles. The zero-order valence-corrected chi connectivity index (χ0v) is 19.9. The van der Waals surface area contributed by atoms with Crippen molar-refractivity contribution in [1.29, 1.82) is 0 Å². The first-order valence-electron chi connectivity index (χ1n) is 10.9. The molecule has 1 aliphatic rings. The SMILES string of the molecule is COc1ccc(S(=O)(=O)N2CCC(C(=O)OCC(=O)Nc3ccc(C(C)C)cc3)CC2)cc1. The molecule has 0 spiro atoms. The van der Waals surface area contributed by atoms with Crippen molar-refractivity contribution in [2.24, 2.45) is 5.92 Å². The predicted molar refractivity (Wildman–Crippen MR) is 125 cm³/mol. The van der Waals surface area contributed by atoms with Gasteiger partial charge in [-0.05, 0) is 60.7 Å². The largest absolute Gasteiger partial charge is 0.497 e. The lowest BCUT2D eigenvalue weighted by Gasteiger charge is -2.30. The van der Waals surface area contributed by atoms with E-state index >= 15 is 0 Å². The van der Waals surface area contributed by atoms with Gasteiger partial charge in [0.1, 0.15) is 5.75 Å². The number of hydrogen-bond donors (Lipinski definition) is 1. The lowest BCUT2D eigenvalue weighted by atomic mass is 9.98. The van der Waals surface area contributed by atoms with Crippen molar-refractivity contribution < 1.29 is 27.5 Å². The monoisotopic (exact) mass is 474 g/mol. The number of benzene rings is 2. The number of methoxy groups -OCH3 is 1. The minimum atomic E-state index is -3.64. The van der Waals surface area contributed by atoms with Crippen molar-refractivity contribution in [3.8, 4) is 5.75 Å². The molecule has 1 fully saturated rings. The van der Waals surface area contributed by atoms with Crippen molar-refractivity contribution >= 4 is 27.6 Å². The molecule has 0 radical (unpaired) electrons. The number of amides is 1. The third-order valence-corrected chi connectivity index (χ3v) is 7.60. The number of esters is 1. The minimum absolute atomic E-state index is 0.183. The maximum atomic E-state index is 12.8. The molecule has 178 valence electrons. The number of anilines is 1. The summed E-state index contributed by atoms with van der Waals surface area (Å²) in [5.74, 6) is -0.368. The molecule has 0 unspecified atom stereocenters. The minimum Gasteiger partial charge on any atom is -0.497 e. The molecule has 9 heteroatoms. The number of nitrogens with one attached hydrogen (secondary N) is 1. The van der Waals surface area contributed by atoms with Gasteiger partial charge in [0.05, 0.1) is 17.9 Å². The van der Waals surface area contributed by atoms with Crippen molar-refractivity contribution in [2.75, 3.05) is 32.1 Å². The second-order valence-corrected chi connectivity index (χ2v) is 10.2. The Morgan fingerprint density at radius 2 is 1.64 bits per heavy atom. The topological polar surface area (TPSA) is 102 Å². The molecule has 2 aromatic rings. The number of sulfonamides is 1. The molecular formula is C24H30N2O6S. The summed E-state index contributed by atoms with van der Waals surface area (Å²) in [5, 5.41) is 2.71. The molecule has 0 saturated carbocycles. The highest BCUT2D eigenvalue weighted by molar-refractivity contribution is 7.89. The van der Waals surface area contributed by atoms with Crippen LogP contribution in [0, 0.1) is 5.92 Å². The summed E-state index contributed by atoms with van der Waals surface area (Å²) in [5.41, 5.74) is 1.80. The first-order valence-corrected chi connectivity index (χ1v) is 12.4. The Morgan fingerprint density at radius 3 is 2.18 bits per heavy atom. The van der Waals surface area contributed by atoms with Crippen molar-refractivity contribution in [3.63, 3.8) is 0 Å². The van der Waals surface area contributed by atoms with Gasteiger partial charge in [0, 0.05) is 18.8 Å². The van der Waals surface area contributed by atoms with Crippen molar-refractivity contribution in [1.82, 2.24) is 4.31 Å². The second kappa shape index (κ2) is 10.8. The number of nitrogens with zero attached hydrogens (tertiary/aromatic N) is 1. The van der Waals surface area contributed by atoms with Gasteiger partial charge in [0.25, 0.3) is 5.91 Å². The van der Waals surface area contributed by atoms with Gasteiger partial charge in [-0.2, -0.15) is 4.31 Å². The van der Waals surface area contributed by atoms with Gasteiger partial charge >= 0.3 is 5.97 Å². The fraction of sp³-hybridized carbons (Fsp3) is 0.417. The fourth-order valence-electron chi connectivity index (χ4n) is 3.63. The van der Waals surface area contributed by atoms with E-state index in [1.165, 1.54) is 29.1 Å². The molecule has 0 aromatic heterocycles. The molecule has 0 atom stereocenters. The lowest BCUT2D eigenvalue weighted by Crippen LogP contribution is -2.40. The highest BCUT2D eigenvalue weighted by Gasteiger charge is 2.33. The normalized spacial score (nSPS) is 15.3. The Labute approximate surface area is 194 Å². The van der Waals surface area contributed by atoms with Gasteiger partial charge in [0.2, 0.25) is 10.0 Å². The number of ether oxygens (including phenoxy) is 2. The summed E-state index contributed by atoms with van der Waals surface area (Å²) >= 11 is 0. The van der Waals surface area contributed by atoms with E-state index in [-0.39, 0.29) is 24.6 Å². The summed E-state index contributed by atoms with van der Waals surface area (Å²) in [6, 6.07) is 13.7. The van der Waals surface area contributed by atoms with E-state index in [0.29, 0.717) is 30.2 Å². The van der Waals surface area contributed by atoms with Gasteiger partial charge in [-0.25, -0.2) is 8.42 Å². The molecule has 1 aliphatic heterocycles. The van der Waals surface area contributed by atoms with E-state index in [1.54, 1.807) is 12.1 Å². The van der Waals surface area contributed by atoms with Gasteiger partial charge < -0.3 is 14.8 Å². The summed E-state index contributed by atoms with van der Waals surface area (Å²) in [4.78, 5) is 24.7. The molecule has 2 aromatic carbocycles. The molecule has 1 amide bonds. The molecule has 33 heavy (non-hydrogen) atoms. The maximum absolute atomic E-state index is 12.8. The van der Waals surface area contributed by atoms with Crippen LogP contribution in [0.15, 0.2) is 53.4 Å². The van der Waals surface area contributed by atoms with Crippen LogP contribution in [0.5, 0.6) is 5.75 Å². The Bertz CT molecular complexity index is 1060. The first kappa shape index (κ1) is 24.7. The number of piperidine rings is 1. The van der Waals surface area contributed by atoms with Crippen LogP contribution in [0.1, 0.15) is 38.2 Å². The third kappa shape index (κ3) is 6.33. The maximum Gasteiger partial charge on any atom is 0.309 e. The molecule has 0 aliphatic carbocycles. The Morgan fingerprint density at radius 1 is 1.03 bits per heavy atom. The number of rotatable bonds is 8. The van der Waals surface area contributed by atoms with E-state index < -0.39 is 27.8 Å². The molecule has 1 N–H and O–H groups in total. The standard InChI is InChI=1S/C24H30N2O6S/c1-17(2)18-4-6-20(7-5-18)25-23(27)16-32-24(28)19-12-14-26(15-13-19)33(29,30)22-10-8-21(31-3)9-11-22/h4-11,17,19H,12-16H2,1-3H3,(H,25,27). The van der Waals surface area contributed by atoms with Crippen LogP contribution in [-0.2, 0) is 24.3 Å². The molecule has 8 nitrogen and oxygen atoms in total. The highest BCUT2D eigenvalue weighted by Crippen LogP contribution is 2.26. The summed E-state index contributed by atoms with van der Waals surface area (Å²) in [7, 11) is -2.13. The van der Waals surface area contributed by atoms with Gasteiger partial charge in [0.15, 0.2) is 6.61 Å². The lowest BCUT2D eigenvalue weighted by molar-refractivity contribution is -0.152. The van der Waals surface area contributed by atoms with Crippen molar-refractivity contribution in [3.05, 3.63) is 54.1 Å². The smallest absolute Gasteiger partial charge is 0.309 e. The Hall–Kier alpha value is -2.91. The van der Waals surface area contributed by atoms with E-state index in [9.17, 15) is 18.0 Å². The number of carbonyl (C=O) groups excluding carboxylic acids is 2. The van der Waals surface area contributed by atoms with E-state index in [4.69, 9.17) is 9.47 Å². The number of carbonyl (C=O) groups is 2. The highest BCUT2D eigenvalue weighted by atomic mass is 32.2. The van der Waals surface area contributed by atoms with Gasteiger partial charge in [-0.15, -0.1) is 0 Å². The van der Waals surface area contributed by atoms with Crippen LogP contribution in [0.25, 0.3) is 0 Å². The first-order chi connectivity index (χ1) is 15.7. The fourth-order valence-corrected chi connectivity index (χ4v) is 5.10. The average molecular weight is 475 g/mol. The van der Waals surface area contributed by atoms with Gasteiger partial charge in [-0.3, -0.25) is 9.59 Å². The van der Waals surface area contributed by atoms with E-state index in [1.807, 2.05) is 24.3 Å². The number of hydrogen-bond acceptors (Lipinski definition) is 6. The molecule has 0 bridgehead atoms. The summed E-state index contributed by atoms with van der Waals surface area (Å²) in [6.45, 7) is 4.22. The molecular weight excluding hydrogens is 444 g/mol. The third-order valence-electron chi connectivity index (χ3n) is 5.69. The van der Waals surface area contributed by atoms with E-state index in [2.05, 4.69) is 19.2 Å². The second-order valence-electron chi connectivity index (χ2n) is 8.29. The Kier molecular flexibility index (Phi) is 8.10. The van der Waals surface area contributed by atoms with Crippen LogP contribution >= 0.6 is 0 Å². The van der Waals surface area contributed by atoms with Crippen LogP contribution in [0.2, 0.25) is 0 Å². The predicted octanol–water partition coefficient (Wildman–Crippen LogP) is 3.40. The molecule has 3 rings (SSSR count). The van der Waals surface area contributed by atoms with Crippen LogP contribution in [0.4, 0.5) is 5.69 Å². The van der Waals surface area contributed by atoms with Crippen LogP contribution < -0.4 is 10.1 Å². The van der Waals surface area contributed by atoms with Crippen molar-refractivity contribution in [2.45, 2.75) is 37.5 Å². The summed E-state index contributed by atoms with van der Waals surface area (Å²) in [6.07, 6.45) is 0.680. The van der Waals surface area contributed by atoms with E-state index in [0.717, 1.165) is 0 Å². The zero-order valence-electron chi connectivity index (χ0n) is 19.1. The Balaban J connectivity index is 1.46. The van der Waals surface area contributed by atoms with Crippen LogP contribution in [-0.4, -0.2) is 51.4 Å². The zero-order chi connectivity index (χ0) is 24.0. The van der Waals surface area contributed by atoms with Gasteiger partial charge in [-0.1, -0.05) is 26.0 Å². The summed E-state index contributed by atoms with van der Waals surface area (Å²) < 4.78 is 37.3.